The smallest absolute Gasteiger partial charge is 0.382 e. The Labute approximate surface area is 240 Å². The van der Waals surface area contributed by atoms with E-state index in [1.165, 1.54) is 40.2 Å². The van der Waals surface area contributed by atoms with E-state index in [9.17, 15) is 32.7 Å². The van der Waals surface area contributed by atoms with E-state index < -0.39 is 42.4 Å². The first-order valence-corrected chi connectivity index (χ1v) is 13.1. The molecule has 0 radical (unpaired) electrons. The molecule has 1 aliphatic heterocycles. The molecule has 16 heteroatoms. The summed E-state index contributed by atoms with van der Waals surface area (Å²) in [6, 6.07) is 11.8. The minimum atomic E-state index is -4.96. The summed E-state index contributed by atoms with van der Waals surface area (Å²) >= 11 is 5.92. The fraction of sp³-hybridized carbons (Fsp3) is 0.308. The van der Waals surface area contributed by atoms with E-state index >= 15 is 0 Å². The lowest BCUT2D eigenvalue weighted by atomic mass is 10.1. The number of likely N-dealkylation sites (tertiary alicyclic amines) is 1. The number of primary amides is 1. The number of alkyl halides is 3. The van der Waals surface area contributed by atoms with Crippen molar-refractivity contribution in [3.63, 3.8) is 0 Å². The largest absolute Gasteiger partial charge is 0.416 e. The van der Waals surface area contributed by atoms with Gasteiger partial charge in [-0.3, -0.25) is 14.2 Å². The zero-order valence-corrected chi connectivity index (χ0v) is 22.5. The van der Waals surface area contributed by atoms with E-state index in [1.54, 1.807) is 24.3 Å². The Balaban J connectivity index is 1.46. The van der Waals surface area contributed by atoms with Gasteiger partial charge in [0.25, 0.3) is 5.91 Å². The highest BCUT2D eigenvalue weighted by Crippen LogP contribution is 2.25. The average molecular weight is 605 g/mol. The molecule has 0 spiro atoms. The summed E-state index contributed by atoms with van der Waals surface area (Å²) in [6.45, 7) is -1.04. The van der Waals surface area contributed by atoms with Crippen LogP contribution in [0.1, 0.15) is 29.0 Å². The van der Waals surface area contributed by atoms with Gasteiger partial charge in [0.05, 0.1) is 17.8 Å². The molecule has 12 nitrogen and oxygen atoms in total. The molecule has 0 unspecified atom stereocenters. The van der Waals surface area contributed by atoms with Gasteiger partial charge in [-0.1, -0.05) is 23.7 Å². The van der Waals surface area contributed by atoms with Crippen molar-refractivity contribution in [3.05, 3.63) is 81.8 Å². The molecule has 4 aromatic rings. The molecule has 3 N–H and O–H groups in total. The van der Waals surface area contributed by atoms with Crippen LogP contribution in [0.15, 0.2) is 59.7 Å². The normalized spacial score (nSPS) is 16.1. The lowest BCUT2D eigenvalue weighted by molar-refractivity contribution is -0.207. The van der Waals surface area contributed by atoms with Crippen molar-refractivity contribution in [2.75, 3.05) is 6.54 Å². The molecule has 220 valence electrons. The number of amides is 2. The van der Waals surface area contributed by atoms with Crippen LogP contribution >= 0.6 is 11.6 Å². The van der Waals surface area contributed by atoms with E-state index in [2.05, 4.69) is 15.2 Å². The summed E-state index contributed by atoms with van der Waals surface area (Å²) in [5.74, 6) is -1.05. The second-order valence-corrected chi connectivity index (χ2v) is 10.1. The second kappa shape index (κ2) is 11.4. The maximum Gasteiger partial charge on any atom is 0.416 e. The van der Waals surface area contributed by atoms with Gasteiger partial charge in [0.1, 0.15) is 18.9 Å². The molecule has 1 fully saturated rings. The van der Waals surface area contributed by atoms with Crippen LogP contribution in [0.2, 0.25) is 5.02 Å². The first-order valence-electron chi connectivity index (χ1n) is 12.7. The number of halogens is 4. The Morgan fingerprint density at radius 3 is 2.52 bits per heavy atom. The Bertz CT molecular complexity index is 1680. The summed E-state index contributed by atoms with van der Waals surface area (Å²) in [6.07, 6.45) is -5.36. The predicted octanol–water partition coefficient (Wildman–Crippen LogP) is 2.01. The van der Waals surface area contributed by atoms with Gasteiger partial charge in [0, 0.05) is 17.1 Å². The van der Waals surface area contributed by atoms with Crippen molar-refractivity contribution in [2.45, 2.75) is 44.3 Å². The van der Waals surface area contributed by atoms with Gasteiger partial charge in [-0.05, 0) is 49.2 Å². The molecular formula is C26H24ClF3N8O4. The molecule has 2 aromatic carbocycles. The number of hydrogen-bond acceptors (Lipinski definition) is 7. The molecule has 0 saturated carbocycles. The number of rotatable bonds is 8. The summed E-state index contributed by atoms with van der Waals surface area (Å²) in [4.78, 5) is 43.9. The van der Waals surface area contributed by atoms with Crippen molar-refractivity contribution in [2.24, 2.45) is 5.73 Å². The van der Waals surface area contributed by atoms with Crippen LogP contribution in [0, 0.1) is 0 Å². The van der Waals surface area contributed by atoms with E-state index in [0.717, 1.165) is 9.25 Å². The van der Waals surface area contributed by atoms with Crippen LogP contribution in [0.25, 0.3) is 17.1 Å². The van der Waals surface area contributed by atoms with Crippen LogP contribution < -0.4 is 11.4 Å². The number of carbonyl (C=O) groups is 2. The van der Waals surface area contributed by atoms with Crippen molar-refractivity contribution in [1.29, 1.82) is 0 Å². The number of para-hydroxylation sites is 1. The third-order valence-corrected chi connectivity index (χ3v) is 7.06. The van der Waals surface area contributed by atoms with Crippen LogP contribution in [0.3, 0.4) is 0 Å². The molecule has 3 heterocycles. The molecule has 2 amide bonds. The third kappa shape index (κ3) is 5.78. The van der Waals surface area contributed by atoms with Gasteiger partial charge in [-0.2, -0.15) is 13.2 Å². The molecule has 0 aliphatic carbocycles. The van der Waals surface area contributed by atoms with Gasteiger partial charge in [0.15, 0.2) is 17.8 Å². The lowest BCUT2D eigenvalue weighted by Gasteiger charge is -2.23. The number of nitrogens with zero attached hydrogens (tertiary/aromatic N) is 7. The lowest BCUT2D eigenvalue weighted by Crippen LogP contribution is -2.43. The first kappa shape index (κ1) is 29.0. The topological polar surface area (TPSA) is 154 Å². The minimum Gasteiger partial charge on any atom is -0.382 e. The van der Waals surface area contributed by atoms with Crippen molar-refractivity contribution >= 4 is 23.4 Å². The van der Waals surface area contributed by atoms with Gasteiger partial charge in [-0.25, -0.2) is 19.1 Å². The fourth-order valence-electron chi connectivity index (χ4n) is 4.73. The van der Waals surface area contributed by atoms with Crippen LogP contribution in [-0.4, -0.2) is 75.8 Å². The summed E-state index contributed by atoms with van der Waals surface area (Å²) in [5.41, 5.74) is 5.44. The standard InChI is InChI=1S/C26H24ClF3N8O4/c27-16-9-7-15(8-10-16)23-34-37(25(42)36(23)12-20(39)26(28,29)30)13-21-32-14-38(33-21)18-5-2-1-4-17(18)24(41)35-11-3-6-19(35)22(31)40/h1-2,4-5,7-10,14,19-20,39H,3,6,11-13H2,(H2,31,40)/t19-,20+/m1/s1. The van der Waals surface area contributed by atoms with Crippen LogP contribution in [-0.2, 0) is 17.9 Å². The minimum absolute atomic E-state index is 0.0687. The molecule has 0 bridgehead atoms. The van der Waals surface area contributed by atoms with E-state index in [-0.39, 0.29) is 23.8 Å². The SMILES string of the molecule is NC(=O)[C@H]1CCCN1C(=O)c1ccccc1-n1cnc(Cn2nc(-c3ccc(Cl)cc3)n(C[C@H](O)C(F)(F)F)c2=O)n1. The highest BCUT2D eigenvalue weighted by Gasteiger charge is 2.39. The number of nitrogens with two attached hydrogens (primary N) is 1. The quantitative estimate of drug-likeness (QED) is 0.312. The predicted molar refractivity (Wildman–Crippen MR) is 143 cm³/mol. The maximum absolute atomic E-state index is 13.3. The highest BCUT2D eigenvalue weighted by molar-refractivity contribution is 6.30. The van der Waals surface area contributed by atoms with E-state index in [0.29, 0.717) is 35.7 Å². The summed E-state index contributed by atoms with van der Waals surface area (Å²) in [7, 11) is 0. The molecule has 1 saturated heterocycles. The number of aromatic nitrogens is 6. The van der Waals surface area contributed by atoms with Crippen molar-refractivity contribution in [3.8, 4) is 17.1 Å². The molecule has 42 heavy (non-hydrogen) atoms. The van der Waals surface area contributed by atoms with Gasteiger partial charge < -0.3 is 15.7 Å². The number of benzene rings is 2. The fourth-order valence-corrected chi connectivity index (χ4v) is 4.86. The zero-order chi connectivity index (χ0) is 30.2. The number of hydrogen-bond donors (Lipinski definition) is 2. The summed E-state index contributed by atoms with van der Waals surface area (Å²) in [5, 5.41) is 18.6. The van der Waals surface area contributed by atoms with Crippen LogP contribution in [0.4, 0.5) is 13.2 Å². The van der Waals surface area contributed by atoms with E-state index in [1.807, 2.05) is 0 Å². The van der Waals surface area contributed by atoms with Gasteiger partial charge in [-0.15, -0.1) is 10.2 Å². The Morgan fingerprint density at radius 2 is 1.83 bits per heavy atom. The number of carbonyl (C=O) groups excluding carboxylic acids is 2. The molecule has 2 aromatic heterocycles. The van der Waals surface area contributed by atoms with Crippen molar-refractivity contribution < 1.29 is 27.9 Å². The number of aliphatic hydroxyl groups excluding tert-OH is 1. The second-order valence-electron chi connectivity index (χ2n) is 9.62. The summed E-state index contributed by atoms with van der Waals surface area (Å²) < 4.78 is 42.3. The Morgan fingerprint density at radius 1 is 1.12 bits per heavy atom. The first-order chi connectivity index (χ1) is 19.9. The molecule has 1 aliphatic rings. The maximum atomic E-state index is 13.3. The third-order valence-electron chi connectivity index (χ3n) is 6.81. The molecule has 2 atom stereocenters. The Hall–Kier alpha value is -4.50. The van der Waals surface area contributed by atoms with E-state index in [4.69, 9.17) is 17.3 Å². The van der Waals surface area contributed by atoms with Crippen molar-refractivity contribution in [1.82, 2.24) is 34.0 Å². The Kier molecular flexibility index (Phi) is 7.88. The van der Waals surface area contributed by atoms with Crippen LogP contribution in [0.5, 0.6) is 0 Å². The molecular weight excluding hydrogens is 581 g/mol. The highest BCUT2D eigenvalue weighted by atomic mass is 35.5. The number of aliphatic hydroxyl groups is 1. The monoisotopic (exact) mass is 604 g/mol. The van der Waals surface area contributed by atoms with Gasteiger partial charge in [0.2, 0.25) is 5.91 Å². The average Bonchev–Trinajstić information content (AvgIpc) is 3.69. The zero-order valence-electron chi connectivity index (χ0n) is 21.8. The molecule has 5 rings (SSSR count). The van der Waals surface area contributed by atoms with Gasteiger partial charge >= 0.3 is 11.9 Å².